The molecule has 0 rings (SSSR count). The SMILES string of the molecule is CCCCCCNC(=O)N[C@@H](/C=C/S(C)(=O)=O)CC(N)=O. The number of carbonyl (C=O) groups excluding carboxylic acids is 2. The number of carbonyl (C=O) groups is 2. The molecule has 0 spiro atoms. The smallest absolute Gasteiger partial charge is 0.315 e. The number of sulfone groups is 1. The van der Waals surface area contributed by atoms with Gasteiger partial charge in [0.25, 0.3) is 0 Å². The number of hydrogen-bond acceptors (Lipinski definition) is 4. The van der Waals surface area contributed by atoms with Gasteiger partial charge in [-0.3, -0.25) is 4.79 Å². The molecule has 0 unspecified atom stereocenters. The van der Waals surface area contributed by atoms with Gasteiger partial charge in [0.1, 0.15) is 0 Å². The highest BCUT2D eigenvalue weighted by Crippen LogP contribution is 1.98. The summed E-state index contributed by atoms with van der Waals surface area (Å²) in [5, 5.41) is 6.11. The van der Waals surface area contributed by atoms with Crippen LogP contribution in [0, 0.1) is 0 Å². The first-order valence-corrected chi connectivity index (χ1v) is 8.91. The number of urea groups is 1. The highest BCUT2D eigenvalue weighted by Gasteiger charge is 2.12. The van der Waals surface area contributed by atoms with E-state index in [2.05, 4.69) is 17.6 Å². The Hall–Kier alpha value is -1.57. The molecule has 0 aliphatic rings. The van der Waals surface area contributed by atoms with E-state index in [1.807, 2.05) is 0 Å². The van der Waals surface area contributed by atoms with Crippen LogP contribution in [0.3, 0.4) is 0 Å². The summed E-state index contributed by atoms with van der Waals surface area (Å²) in [6, 6.07) is -1.19. The van der Waals surface area contributed by atoms with E-state index >= 15 is 0 Å². The molecule has 0 heterocycles. The lowest BCUT2D eigenvalue weighted by Gasteiger charge is -2.14. The second-order valence-electron chi connectivity index (χ2n) is 4.90. The number of rotatable bonds is 10. The fourth-order valence-corrected chi connectivity index (χ4v) is 2.07. The molecule has 0 aliphatic heterocycles. The van der Waals surface area contributed by atoms with Crippen LogP contribution in [-0.4, -0.2) is 39.2 Å². The van der Waals surface area contributed by atoms with Gasteiger partial charge in [0, 0.05) is 18.2 Å². The van der Waals surface area contributed by atoms with Gasteiger partial charge in [-0.15, -0.1) is 0 Å². The minimum atomic E-state index is -3.32. The van der Waals surface area contributed by atoms with Crippen molar-refractivity contribution in [2.24, 2.45) is 5.73 Å². The summed E-state index contributed by atoms with van der Waals surface area (Å²) in [6.45, 7) is 2.63. The molecule has 0 aromatic rings. The van der Waals surface area contributed by atoms with Crippen molar-refractivity contribution in [3.8, 4) is 0 Å². The van der Waals surface area contributed by atoms with Gasteiger partial charge >= 0.3 is 6.03 Å². The van der Waals surface area contributed by atoms with Gasteiger partial charge < -0.3 is 16.4 Å². The number of amides is 3. The lowest BCUT2D eigenvalue weighted by Crippen LogP contribution is -2.43. The molecule has 1 atom stereocenters. The summed E-state index contributed by atoms with van der Waals surface area (Å²) in [7, 11) is -3.32. The highest BCUT2D eigenvalue weighted by atomic mass is 32.2. The van der Waals surface area contributed by atoms with Crippen LogP contribution >= 0.6 is 0 Å². The number of nitrogens with two attached hydrogens (primary N) is 1. The molecular weight excluding hydrogens is 294 g/mol. The van der Waals surface area contributed by atoms with Gasteiger partial charge in [0.15, 0.2) is 9.84 Å². The number of nitrogens with one attached hydrogen (secondary N) is 2. The quantitative estimate of drug-likeness (QED) is 0.513. The molecule has 0 fully saturated rings. The summed E-state index contributed by atoms with van der Waals surface area (Å²) in [6.07, 6.45) is 6.26. The van der Waals surface area contributed by atoms with Crippen LogP contribution in [0.2, 0.25) is 0 Å². The van der Waals surface area contributed by atoms with E-state index in [4.69, 9.17) is 5.73 Å². The van der Waals surface area contributed by atoms with E-state index < -0.39 is 27.8 Å². The maximum atomic E-state index is 11.6. The van der Waals surface area contributed by atoms with Crippen LogP contribution in [0.1, 0.15) is 39.0 Å². The lowest BCUT2D eigenvalue weighted by molar-refractivity contribution is -0.118. The minimum absolute atomic E-state index is 0.157. The molecule has 4 N–H and O–H groups in total. The molecule has 0 bridgehead atoms. The van der Waals surface area contributed by atoms with Crippen LogP contribution in [0.4, 0.5) is 4.79 Å². The summed E-state index contributed by atoms with van der Waals surface area (Å²) in [5.41, 5.74) is 5.07. The average Bonchev–Trinajstić information content (AvgIpc) is 2.34. The van der Waals surface area contributed by atoms with Crippen LogP contribution in [0.5, 0.6) is 0 Å². The second-order valence-corrected chi connectivity index (χ2v) is 6.83. The summed E-state index contributed by atoms with van der Waals surface area (Å²) >= 11 is 0. The van der Waals surface area contributed by atoms with Gasteiger partial charge in [-0.1, -0.05) is 32.3 Å². The standard InChI is InChI=1S/C13H25N3O4S/c1-3-4-5-6-8-15-13(18)16-11(10-12(14)17)7-9-21(2,19)20/h7,9,11H,3-6,8,10H2,1-2H3,(H2,14,17)(H2,15,16,18)/b9-7+/t11-/m0/s1. The van der Waals surface area contributed by atoms with Crippen molar-refractivity contribution in [1.29, 1.82) is 0 Å². The van der Waals surface area contributed by atoms with Gasteiger partial charge in [-0.2, -0.15) is 0 Å². The van der Waals surface area contributed by atoms with Gasteiger partial charge in [-0.25, -0.2) is 13.2 Å². The van der Waals surface area contributed by atoms with Crippen molar-refractivity contribution in [3.05, 3.63) is 11.5 Å². The maximum Gasteiger partial charge on any atom is 0.315 e. The largest absolute Gasteiger partial charge is 0.370 e. The average molecular weight is 319 g/mol. The number of hydrogen-bond donors (Lipinski definition) is 3. The van der Waals surface area contributed by atoms with Gasteiger partial charge in [0.05, 0.1) is 12.5 Å². The molecule has 0 aromatic heterocycles. The molecule has 0 radical (unpaired) electrons. The Morgan fingerprint density at radius 2 is 1.90 bits per heavy atom. The zero-order valence-corrected chi connectivity index (χ0v) is 13.4. The van der Waals surface area contributed by atoms with E-state index in [1.54, 1.807) is 0 Å². The fourth-order valence-electron chi connectivity index (χ4n) is 1.59. The molecule has 0 saturated carbocycles. The molecule has 0 aromatic carbocycles. The fraction of sp³-hybridized carbons (Fsp3) is 0.692. The molecule has 8 heteroatoms. The van der Waals surface area contributed by atoms with Gasteiger partial charge in [-0.05, 0) is 6.42 Å². The van der Waals surface area contributed by atoms with Crippen LogP contribution < -0.4 is 16.4 Å². The van der Waals surface area contributed by atoms with Gasteiger partial charge in [0.2, 0.25) is 5.91 Å². The first kappa shape index (κ1) is 19.4. The summed E-state index contributed by atoms with van der Waals surface area (Å²) < 4.78 is 22.1. The van der Waals surface area contributed by atoms with E-state index in [1.165, 1.54) is 6.08 Å². The van der Waals surface area contributed by atoms with Crippen molar-refractivity contribution in [1.82, 2.24) is 10.6 Å². The summed E-state index contributed by atoms with van der Waals surface area (Å²) in [4.78, 5) is 22.5. The Balaban J connectivity index is 4.30. The van der Waals surface area contributed by atoms with Crippen molar-refractivity contribution in [3.63, 3.8) is 0 Å². The van der Waals surface area contributed by atoms with Crippen LogP contribution in [0.25, 0.3) is 0 Å². The molecule has 3 amide bonds. The van der Waals surface area contributed by atoms with E-state index in [0.717, 1.165) is 37.3 Å². The Morgan fingerprint density at radius 3 is 2.43 bits per heavy atom. The first-order chi connectivity index (χ1) is 9.74. The molecular formula is C13H25N3O4S. The number of primary amides is 1. The third-order valence-corrected chi connectivity index (χ3v) is 3.26. The van der Waals surface area contributed by atoms with Crippen LogP contribution in [0.15, 0.2) is 11.5 Å². The van der Waals surface area contributed by atoms with Crippen molar-refractivity contribution in [2.75, 3.05) is 12.8 Å². The molecule has 0 aliphatic carbocycles. The van der Waals surface area contributed by atoms with E-state index in [9.17, 15) is 18.0 Å². The Morgan fingerprint density at radius 1 is 1.24 bits per heavy atom. The predicted molar refractivity (Wildman–Crippen MR) is 82.3 cm³/mol. The third kappa shape index (κ3) is 13.2. The van der Waals surface area contributed by atoms with Crippen LogP contribution in [-0.2, 0) is 14.6 Å². The Bertz CT molecular complexity index is 460. The van der Waals surface area contributed by atoms with Crippen molar-refractivity contribution >= 4 is 21.8 Å². The van der Waals surface area contributed by atoms with Crippen molar-refractivity contribution in [2.45, 2.75) is 45.1 Å². The molecule has 122 valence electrons. The topological polar surface area (TPSA) is 118 Å². The monoisotopic (exact) mass is 319 g/mol. The molecule has 0 saturated heterocycles. The summed E-state index contributed by atoms with van der Waals surface area (Å²) in [5.74, 6) is -0.624. The zero-order chi connectivity index (χ0) is 16.3. The Kier molecular flexibility index (Phi) is 9.44. The lowest BCUT2D eigenvalue weighted by atomic mass is 10.2. The normalized spacial score (nSPS) is 13.0. The highest BCUT2D eigenvalue weighted by molar-refractivity contribution is 7.93. The van der Waals surface area contributed by atoms with Crippen molar-refractivity contribution < 1.29 is 18.0 Å². The predicted octanol–water partition coefficient (Wildman–Crippen LogP) is 0.668. The van der Waals surface area contributed by atoms with E-state index in [0.29, 0.717) is 6.54 Å². The third-order valence-electron chi connectivity index (χ3n) is 2.61. The Labute approximate surface area is 126 Å². The number of unbranched alkanes of at least 4 members (excludes halogenated alkanes) is 3. The van der Waals surface area contributed by atoms with E-state index in [-0.39, 0.29) is 6.42 Å². The molecule has 7 nitrogen and oxygen atoms in total. The second kappa shape index (κ2) is 10.2. The maximum absolute atomic E-state index is 11.6. The molecule has 21 heavy (non-hydrogen) atoms. The first-order valence-electron chi connectivity index (χ1n) is 6.95. The minimum Gasteiger partial charge on any atom is -0.370 e. The zero-order valence-electron chi connectivity index (χ0n) is 12.6.